The van der Waals surface area contributed by atoms with E-state index in [2.05, 4.69) is 4.98 Å². The van der Waals surface area contributed by atoms with Crippen molar-refractivity contribution in [2.24, 2.45) is 5.41 Å². The molecule has 0 bridgehead atoms. The number of hydrogen-bond acceptors (Lipinski definition) is 5. The number of anilines is 1. The second-order valence-corrected chi connectivity index (χ2v) is 7.70. The molecule has 0 saturated carbocycles. The number of aliphatic hydroxyl groups excluding tert-OH is 1. The molecule has 1 aliphatic heterocycles. The molecule has 1 amide bonds. The quantitative estimate of drug-likeness (QED) is 0.866. The predicted molar refractivity (Wildman–Crippen MR) is 101 cm³/mol. The van der Waals surface area contributed by atoms with Crippen LogP contribution in [-0.2, 0) is 9.59 Å². The molecule has 0 spiro atoms. The van der Waals surface area contributed by atoms with Crippen LogP contribution in [0.3, 0.4) is 0 Å². The minimum atomic E-state index is -0.870. The highest BCUT2D eigenvalue weighted by Crippen LogP contribution is 2.45. The molecule has 0 radical (unpaired) electrons. The largest absolute Gasteiger partial charge is 0.506 e. The number of pyridine rings is 1. The van der Waals surface area contributed by atoms with Crippen LogP contribution in [0.2, 0.25) is 0 Å². The van der Waals surface area contributed by atoms with Crippen molar-refractivity contribution in [1.82, 2.24) is 4.98 Å². The Balaban J connectivity index is 2.25. The summed E-state index contributed by atoms with van der Waals surface area (Å²) in [4.78, 5) is 31.3. The van der Waals surface area contributed by atoms with Crippen LogP contribution in [0.5, 0.6) is 5.75 Å². The fourth-order valence-corrected chi connectivity index (χ4v) is 3.17. The number of carbonyl (C=O) groups excluding carboxylic acids is 2. The van der Waals surface area contributed by atoms with Gasteiger partial charge in [0.1, 0.15) is 5.75 Å². The van der Waals surface area contributed by atoms with Crippen molar-refractivity contribution < 1.29 is 19.8 Å². The number of rotatable bonds is 3. The van der Waals surface area contributed by atoms with Crippen LogP contribution in [0.25, 0.3) is 0 Å². The lowest BCUT2D eigenvalue weighted by Crippen LogP contribution is -2.33. The van der Waals surface area contributed by atoms with Gasteiger partial charge in [-0.2, -0.15) is 0 Å². The molecule has 0 fully saturated rings. The average molecular weight is 366 g/mol. The van der Waals surface area contributed by atoms with E-state index in [4.69, 9.17) is 0 Å². The second-order valence-electron chi connectivity index (χ2n) is 7.70. The number of ketones is 1. The van der Waals surface area contributed by atoms with E-state index in [1.165, 1.54) is 11.0 Å². The molecule has 0 saturated heterocycles. The molecule has 1 unspecified atom stereocenters. The minimum absolute atomic E-state index is 0.0152. The molecule has 1 aliphatic rings. The number of amides is 1. The van der Waals surface area contributed by atoms with E-state index >= 15 is 0 Å². The molecule has 1 aromatic carbocycles. The smallest absolute Gasteiger partial charge is 0.294 e. The van der Waals surface area contributed by atoms with Crippen LogP contribution in [0, 0.1) is 12.3 Å². The molecule has 1 aromatic heterocycles. The van der Waals surface area contributed by atoms with Crippen LogP contribution >= 0.6 is 0 Å². The highest BCUT2D eigenvalue weighted by Gasteiger charge is 2.47. The van der Waals surface area contributed by atoms with Gasteiger partial charge in [-0.1, -0.05) is 32.9 Å². The van der Waals surface area contributed by atoms with Crippen LogP contribution in [0.4, 0.5) is 5.69 Å². The first-order chi connectivity index (χ1) is 12.6. The SMILES string of the molecule is Cc1ccc(O)c(N2C(=O)C(O)=C(C(=O)C(C)(C)C)C2c2cccnc2)c1. The number of phenols is 1. The third kappa shape index (κ3) is 3.18. The highest BCUT2D eigenvalue weighted by atomic mass is 16.3. The Kier molecular flexibility index (Phi) is 4.51. The first kappa shape index (κ1) is 18.6. The molecular weight excluding hydrogens is 344 g/mol. The Morgan fingerprint density at radius 1 is 1.19 bits per heavy atom. The highest BCUT2D eigenvalue weighted by molar-refractivity contribution is 6.17. The number of aliphatic hydroxyl groups is 1. The standard InChI is InChI=1S/C21H22N2O4/c1-12-7-8-15(24)14(10-12)23-17(13-6-5-9-22-11-13)16(18(25)20(23)27)19(26)21(2,3)4/h5-11,17,24-25H,1-4H3. The fourth-order valence-electron chi connectivity index (χ4n) is 3.17. The molecule has 1 atom stereocenters. The molecule has 6 nitrogen and oxygen atoms in total. The lowest BCUT2D eigenvalue weighted by atomic mass is 9.82. The molecule has 140 valence electrons. The summed E-state index contributed by atoms with van der Waals surface area (Å²) in [6, 6.07) is 7.41. The monoisotopic (exact) mass is 366 g/mol. The van der Waals surface area contributed by atoms with Gasteiger partial charge >= 0.3 is 0 Å². The van der Waals surface area contributed by atoms with E-state index in [0.29, 0.717) is 5.56 Å². The number of aromatic nitrogens is 1. The van der Waals surface area contributed by atoms with Gasteiger partial charge in [0, 0.05) is 17.8 Å². The average Bonchev–Trinajstić information content (AvgIpc) is 2.88. The predicted octanol–water partition coefficient (Wildman–Crippen LogP) is 3.61. The van der Waals surface area contributed by atoms with E-state index in [1.54, 1.807) is 57.4 Å². The summed E-state index contributed by atoms with van der Waals surface area (Å²) < 4.78 is 0. The maximum Gasteiger partial charge on any atom is 0.294 e. The Bertz CT molecular complexity index is 942. The van der Waals surface area contributed by atoms with E-state index in [-0.39, 0.29) is 22.8 Å². The van der Waals surface area contributed by atoms with Gasteiger partial charge in [-0.3, -0.25) is 19.5 Å². The second kappa shape index (κ2) is 6.54. The lowest BCUT2D eigenvalue weighted by molar-refractivity contribution is -0.123. The molecule has 2 N–H and O–H groups in total. The van der Waals surface area contributed by atoms with E-state index in [9.17, 15) is 19.8 Å². The Morgan fingerprint density at radius 3 is 2.48 bits per heavy atom. The normalized spacial score (nSPS) is 17.6. The molecule has 2 aromatic rings. The summed E-state index contributed by atoms with van der Waals surface area (Å²) in [7, 11) is 0. The van der Waals surface area contributed by atoms with Crippen molar-refractivity contribution >= 4 is 17.4 Å². The molecule has 27 heavy (non-hydrogen) atoms. The van der Waals surface area contributed by atoms with Gasteiger partial charge in [0.2, 0.25) is 0 Å². The molecular formula is C21H22N2O4. The summed E-state index contributed by atoms with van der Waals surface area (Å²) in [5.74, 6) is -1.76. The third-order valence-electron chi connectivity index (χ3n) is 4.52. The number of aromatic hydroxyl groups is 1. The lowest BCUT2D eigenvalue weighted by Gasteiger charge is -2.29. The Morgan fingerprint density at radius 2 is 1.89 bits per heavy atom. The van der Waals surface area contributed by atoms with Gasteiger partial charge < -0.3 is 10.2 Å². The summed E-state index contributed by atoms with van der Waals surface area (Å²) >= 11 is 0. The van der Waals surface area contributed by atoms with Gasteiger partial charge in [-0.15, -0.1) is 0 Å². The zero-order valence-electron chi connectivity index (χ0n) is 15.7. The number of aryl methyl sites for hydroxylation is 1. The molecule has 6 heteroatoms. The molecule has 3 rings (SSSR count). The van der Waals surface area contributed by atoms with E-state index in [0.717, 1.165) is 5.56 Å². The number of benzene rings is 1. The van der Waals surface area contributed by atoms with E-state index in [1.807, 2.05) is 6.92 Å². The summed E-state index contributed by atoms with van der Waals surface area (Å²) in [5.41, 5.74) is 0.854. The van der Waals surface area contributed by atoms with E-state index < -0.39 is 23.1 Å². The third-order valence-corrected chi connectivity index (χ3v) is 4.52. The Hall–Kier alpha value is -3.15. The number of nitrogens with zero attached hydrogens (tertiary/aromatic N) is 2. The summed E-state index contributed by atoms with van der Waals surface area (Å²) in [6.07, 6.45) is 3.13. The molecule has 0 aliphatic carbocycles. The summed E-state index contributed by atoms with van der Waals surface area (Å²) in [6.45, 7) is 7.02. The van der Waals surface area contributed by atoms with Crippen LogP contribution in [-0.4, -0.2) is 26.9 Å². The van der Waals surface area contributed by atoms with Crippen LogP contribution < -0.4 is 4.90 Å². The van der Waals surface area contributed by atoms with Gasteiger partial charge in [0.15, 0.2) is 11.5 Å². The molecule has 2 heterocycles. The van der Waals surface area contributed by atoms with Crippen molar-refractivity contribution in [2.45, 2.75) is 33.7 Å². The summed E-state index contributed by atoms with van der Waals surface area (Å²) in [5, 5.41) is 20.9. The van der Waals surface area contributed by atoms with Crippen molar-refractivity contribution in [2.75, 3.05) is 4.90 Å². The van der Waals surface area contributed by atoms with Crippen LogP contribution in [0.15, 0.2) is 54.1 Å². The Labute approximate surface area is 157 Å². The maximum atomic E-state index is 13.1. The van der Waals surface area contributed by atoms with Gasteiger partial charge in [0.25, 0.3) is 5.91 Å². The topological polar surface area (TPSA) is 90.7 Å². The number of hydrogen-bond donors (Lipinski definition) is 2. The van der Waals surface area contributed by atoms with Gasteiger partial charge in [-0.05, 0) is 36.2 Å². The van der Waals surface area contributed by atoms with Gasteiger partial charge in [-0.25, -0.2) is 0 Å². The maximum absolute atomic E-state index is 13.1. The fraction of sp³-hybridized carbons (Fsp3) is 0.286. The minimum Gasteiger partial charge on any atom is -0.506 e. The zero-order chi connectivity index (χ0) is 19.9. The van der Waals surface area contributed by atoms with Gasteiger partial charge in [0.05, 0.1) is 17.3 Å². The zero-order valence-corrected chi connectivity index (χ0v) is 15.7. The van der Waals surface area contributed by atoms with Crippen molar-refractivity contribution in [3.8, 4) is 5.75 Å². The number of carbonyl (C=O) groups is 2. The first-order valence-electron chi connectivity index (χ1n) is 8.64. The van der Waals surface area contributed by atoms with Crippen molar-refractivity contribution in [3.63, 3.8) is 0 Å². The van der Waals surface area contributed by atoms with Crippen molar-refractivity contribution in [3.05, 3.63) is 65.2 Å². The number of phenolic OH excluding ortho intramolecular Hbond substituents is 1. The first-order valence-corrected chi connectivity index (χ1v) is 8.64. The van der Waals surface area contributed by atoms with Crippen LogP contribution in [0.1, 0.15) is 37.9 Å². The van der Waals surface area contributed by atoms with Crippen molar-refractivity contribution in [1.29, 1.82) is 0 Å². The number of Topliss-reactive ketones (excluding diaryl/α,β-unsaturated/α-hetero) is 1.